The lowest BCUT2D eigenvalue weighted by atomic mass is 9.80. The van der Waals surface area contributed by atoms with E-state index in [2.05, 4.69) is 12.1 Å². The molecule has 3 rings (SSSR count). The minimum Gasteiger partial charge on any atom is -0.296 e. The summed E-state index contributed by atoms with van der Waals surface area (Å²) in [6.07, 6.45) is 4.85. The third-order valence-corrected chi connectivity index (χ3v) is 5.22. The molecular formula is C17H20ClFN2O2. The Morgan fingerprint density at radius 2 is 2.17 bits per heavy atom. The number of benzene rings is 1. The second-order valence-corrected chi connectivity index (χ2v) is 6.78. The minimum atomic E-state index is -0.481. The Balaban J connectivity index is 1.85. The molecule has 0 aliphatic heterocycles. The predicted molar refractivity (Wildman–Crippen MR) is 86.1 cm³/mol. The Labute approximate surface area is 139 Å². The van der Waals surface area contributed by atoms with Gasteiger partial charge in [0.25, 0.3) is 0 Å². The van der Waals surface area contributed by atoms with Crippen LogP contribution in [0.5, 0.6) is 0 Å². The molecule has 2 aromatic rings. The molecule has 1 heterocycles. The molecule has 23 heavy (non-hydrogen) atoms. The highest BCUT2D eigenvalue weighted by molar-refractivity contribution is 6.31. The van der Waals surface area contributed by atoms with Gasteiger partial charge in [-0.15, -0.1) is 0 Å². The van der Waals surface area contributed by atoms with Crippen LogP contribution in [0.25, 0.3) is 0 Å². The molecule has 4 nitrogen and oxygen atoms in total. The van der Waals surface area contributed by atoms with Gasteiger partial charge in [-0.3, -0.25) is 9.09 Å². The molecule has 1 aliphatic carbocycles. The van der Waals surface area contributed by atoms with E-state index < -0.39 is 11.6 Å². The normalized spacial score (nSPS) is 21.5. The van der Waals surface area contributed by atoms with Gasteiger partial charge in [0.1, 0.15) is 5.82 Å². The van der Waals surface area contributed by atoms with Crippen molar-refractivity contribution in [2.45, 2.75) is 45.6 Å². The van der Waals surface area contributed by atoms with Crippen LogP contribution in [0.3, 0.4) is 0 Å². The van der Waals surface area contributed by atoms with Gasteiger partial charge in [0.15, 0.2) is 5.82 Å². The molecule has 1 fully saturated rings. The van der Waals surface area contributed by atoms with E-state index in [1.807, 2.05) is 0 Å². The lowest BCUT2D eigenvalue weighted by molar-refractivity contribution is 0.222. The van der Waals surface area contributed by atoms with Crippen molar-refractivity contribution < 1.29 is 8.91 Å². The van der Waals surface area contributed by atoms with Gasteiger partial charge >= 0.3 is 5.76 Å². The summed E-state index contributed by atoms with van der Waals surface area (Å²) in [6.45, 7) is 2.79. The number of hydrogen-bond donors (Lipinski definition) is 0. The smallest absolute Gasteiger partial charge is 0.296 e. The molecule has 0 radical (unpaired) electrons. The summed E-state index contributed by atoms with van der Waals surface area (Å²) in [5.41, 5.74) is 0.341. The fourth-order valence-electron chi connectivity index (χ4n) is 3.36. The Morgan fingerprint density at radius 3 is 2.91 bits per heavy atom. The van der Waals surface area contributed by atoms with Crippen molar-refractivity contribution in [1.29, 1.82) is 0 Å². The van der Waals surface area contributed by atoms with Gasteiger partial charge < -0.3 is 0 Å². The van der Waals surface area contributed by atoms with Gasteiger partial charge in [0.05, 0.1) is 0 Å². The van der Waals surface area contributed by atoms with Crippen molar-refractivity contribution in [2.75, 3.05) is 0 Å². The molecule has 6 heteroatoms. The fraction of sp³-hybridized carbons (Fsp3) is 0.529. The summed E-state index contributed by atoms with van der Waals surface area (Å²) in [7, 11) is 0. The van der Waals surface area contributed by atoms with E-state index in [-0.39, 0.29) is 6.42 Å². The second-order valence-electron chi connectivity index (χ2n) is 6.37. The third-order valence-electron chi connectivity index (χ3n) is 4.86. The molecule has 0 bridgehead atoms. The first-order valence-corrected chi connectivity index (χ1v) is 8.42. The number of aromatic nitrogens is 2. The zero-order valence-electron chi connectivity index (χ0n) is 13.1. The van der Waals surface area contributed by atoms with Crippen LogP contribution >= 0.6 is 11.6 Å². The van der Waals surface area contributed by atoms with Crippen molar-refractivity contribution in [1.82, 2.24) is 9.72 Å². The first-order valence-electron chi connectivity index (χ1n) is 8.04. The monoisotopic (exact) mass is 338 g/mol. The molecule has 124 valence electrons. The number of halogens is 2. The lowest BCUT2D eigenvalue weighted by Crippen LogP contribution is -2.28. The van der Waals surface area contributed by atoms with Crippen LogP contribution < -0.4 is 5.76 Å². The van der Waals surface area contributed by atoms with Crippen molar-refractivity contribution in [3.8, 4) is 0 Å². The van der Waals surface area contributed by atoms with Gasteiger partial charge in [0.2, 0.25) is 0 Å². The highest BCUT2D eigenvalue weighted by Crippen LogP contribution is 2.31. The highest BCUT2D eigenvalue weighted by Gasteiger charge is 2.24. The molecule has 1 aliphatic rings. The van der Waals surface area contributed by atoms with Gasteiger partial charge in [-0.05, 0) is 30.4 Å². The van der Waals surface area contributed by atoms with E-state index in [0.29, 0.717) is 34.8 Å². The maximum atomic E-state index is 14.0. The zero-order chi connectivity index (χ0) is 16.4. The SMILES string of the molecule is CC1CCCCC1Cn1c(Cc2c(F)cccc2Cl)noc1=O. The topological polar surface area (TPSA) is 48.0 Å². The van der Waals surface area contributed by atoms with Crippen LogP contribution in [0.2, 0.25) is 5.02 Å². The molecule has 0 N–H and O–H groups in total. The zero-order valence-corrected chi connectivity index (χ0v) is 13.9. The Bertz CT molecular complexity index is 720. The van der Waals surface area contributed by atoms with Crippen molar-refractivity contribution in [2.24, 2.45) is 11.8 Å². The molecule has 1 aromatic carbocycles. The standard InChI is InChI=1S/C17H20ClFN2O2/c1-11-5-2-3-6-12(11)10-21-16(20-23-17(21)22)9-13-14(18)7-4-8-15(13)19/h4,7-8,11-12H,2-3,5-6,9-10H2,1H3. The van der Waals surface area contributed by atoms with Crippen LogP contribution in [0.15, 0.2) is 27.5 Å². The Morgan fingerprint density at radius 1 is 1.39 bits per heavy atom. The van der Waals surface area contributed by atoms with E-state index >= 15 is 0 Å². The number of nitrogens with zero attached hydrogens (tertiary/aromatic N) is 2. The molecule has 2 atom stereocenters. The first kappa shape index (κ1) is 16.2. The maximum Gasteiger partial charge on any atom is 0.441 e. The molecular weight excluding hydrogens is 319 g/mol. The summed E-state index contributed by atoms with van der Waals surface area (Å²) in [6, 6.07) is 4.54. The fourth-order valence-corrected chi connectivity index (χ4v) is 3.59. The Hall–Kier alpha value is -1.62. The Kier molecular flexibility index (Phi) is 4.85. The molecule has 2 unspecified atom stereocenters. The largest absolute Gasteiger partial charge is 0.441 e. The van der Waals surface area contributed by atoms with Crippen molar-refractivity contribution in [3.63, 3.8) is 0 Å². The number of hydrogen-bond acceptors (Lipinski definition) is 3. The second kappa shape index (κ2) is 6.87. The summed E-state index contributed by atoms with van der Waals surface area (Å²) < 4.78 is 20.3. The van der Waals surface area contributed by atoms with Crippen LogP contribution in [-0.4, -0.2) is 9.72 Å². The molecule has 0 amide bonds. The van der Waals surface area contributed by atoms with Gasteiger partial charge in [0, 0.05) is 23.6 Å². The maximum absolute atomic E-state index is 14.0. The van der Waals surface area contributed by atoms with E-state index in [4.69, 9.17) is 16.1 Å². The first-order chi connectivity index (χ1) is 11.1. The lowest BCUT2D eigenvalue weighted by Gasteiger charge is -2.28. The highest BCUT2D eigenvalue weighted by atomic mass is 35.5. The molecule has 1 saturated carbocycles. The van der Waals surface area contributed by atoms with Crippen LogP contribution in [0, 0.1) is 17.7 Å². The van der Waals surface area contributed by atoms with Crippen LogP contribution in [0.4, 0.5) is 4.39 Å². The van der Waals surface area contributed by atoms with E-state index in [1.165, 1.54) is 29.9 Å². The summed E-state index contributed by atoms with van der Waals surface area (Å²) >= 11 is 6.07. The van der Waals surface area contributed by atoms with E-state index in [0.717, 1.165) is 6.42 Å². The summed E-state index contributed by atoms with van der Waals surface area (Å²) in [5.74, 6) is 0.543. The summed E-state index contributed by atoms with van der Waals surface area (Å²) in [5, 5.41) is 4.17. The van der Waals surface area contributed by atoms with E-state index in [9.17, 15) is 9.18 Å². The van der Waals surface area contributed by atoms with Crippen LogP contribution in [0.1, 0.15) is 44.0 Å². The quantitative estimate of drug-likeness (QED) is 0.845. The third kappa shape index (κ3) is 3.50. The van der Waals surface area contributed by atoms with E-state index in [1.54, 1.807) is 12.1 Å². The van der Waals surface area contributed by atoms with Crippen molar-refractivity contribution >= 4 is 11.6 Å². The molecule has 0 saturated heterocycles. The van der Waals surface area contributed by atoms with Gasteiger partial charge in [-0.1, -0.05) is 49.0 Å². The summed E-state index contributed by atoms with van der Waals surface area (Å²) in [4.78, 5) is 12.0. The minimum absolute atomic E-state index is 0.151. The van der Waals surface area contributed by atoms with Crippen molar-refractivity contribution in [3.05, 3.63) is 51.0 Å². The van der Waals surface area contributed by atoms with Gasteiger partial charge in [-0.25, -0.2) is 9.18 Å². The average Bonchev–Trinajstić information content (AvgIpc) is 2.86. The predicted octanol–water partition coefficient (Wildman–Crippen LogP) is 4.05. The average molecular weight is 339 g/mol. The van der Waals surface area contributed by atoms with Gasteiger partial charge in [-0.2, -0.15) is 0 Å². The molecule has 0 spiro atoms. The number of rotatable bonds is 4. The van der Waals surface area contributed by atoms with Crippen LogP contribution in [-0.2, 0) is 13.0 Å². The molecule has 1 aromatic heterocycles.